The van der Waals surface area contributed by atoms with Crippen LogP contribution in [0.1, 0.15) is 37.3 Å². The van der Waals surface area contributed by atoms with Crippen molar-refractivity contribution in [3.8, 4) is 11.3 Å². The third kappa shape index (κ3) is 2.64. The predicted octanol–water partition coefficient (Wildman–Crippen LogP) is 2.62. The fourth-order valence-corrected chi connectivity index (χ4v) is 5.74. The first kappa shape index (κ1) is 16.0. The van der Waals surface area contributed by atoms with Gasteiger partial charge in [-0.3, -0.25) is 5.10 Å². The zero-order valence-electron chi connectivity index (χ0n) is 14.4. The van der Waals surface area contributed by atoms with Crippen molar-refractivity contribution in [1.82, 2.24) is 24.5 Å². The van der Waals surface area contributed by atoms with Gasteiger partial charge in [0.05, 0.1) is 10.9 Å². The summed E-state index contributed by atoms with van der Waals surface area (Å²) >= 11 is 0. The quantitative estimate of drug-likeness (QED) is 0.737. The minimum atomic E-state index is -3.05. The summed E-state index contributed by atoms with van der Waals surface area (Å²) < 4.78 is 26.4. The van der Waals surface area contributed by atoms with Gasteiger partial charge in [0, 0.05) is 48.0 Å². The van der Waals surface area contributed by atoms with E-state index in [9.17, 15) is 8.42 Å². The Kier molecular flexibility index (Phi) is 3.65. The smallest absolute Gasteiger partial charge is 0.216 e. The number of hydrogen-bond donors (Lipinski definition) is 2. The highest BCUT2D eigenvalue weighted by molar-refractivity contribution is 7.90. The van der Waals surface area contributed by atoms with Crippen LogP contribution in [0.3, 0.4) is 0 Å². The summed E-state index contributed by atoms with van der Waals surface area (Å²) in [5.74, 6) is 0.324. The van der Waals surface area contributed by atoms with E-state index >= 15 is 0 Å². The molecule has 0 bridgehead atoms. The number of H-pyrrole nitrogens is 2. The van der Waals surface area contributed by atoms with Crippen molar-refractivity contribution in [2.24, 2.45) is 0 Å². The fraction of sp³-hybridized carbons (Fsp3) is 0.444. The van der Waals surface area contributed by atoms with Gasteiger partial charge < -0.3 is 4.98 Å². The minimum Gasteiger partial charge on any atom is -0.346 e. The predicted molar refractivity (Wildman–Crippen MR) is 99.2 cm³/mol. The van der Waals surface area contributed by atoms with Gasteiger partial charge in [-0.25, -0.2) is 17.7 Å². The van der Waals surface area contributed by atoms with Crippen molar-refractivity contribution in [1.29, 1.82) is 0 Å². The molecule has 3 aromatic heterocycles. The van der Waals surface area contributed by atoms with Crippen molar-refractivity contribution in [2.45, 2.75) is 36.9 Å². The van der Waals surface area contributed by atoms with E-state index in [-0.39, 0.29) is 5.25 Å². The van der Waals surface area contributed by atoms with Gasteiger partial charge in [0.25, 0.3) is 0 Å². The topological polar surface area (TPSA) is 94.7 Å². The average molecular weight is 371 g/mol. The van der Waals surface area contributed by atoms with Crippen LogP contribution in [0.2, 0.25) is 0 Å². The zero-order valence-corrected chi connectivity index (χ0v) is 15.2. The first-order chi connectivity index (χ1) is 12.6. The Morgan fingerprint density at radius 1 is 1.12 bits per heavy atom. The molecule has 1 saturated carbocycles. The van der Waals surface area contributed by atoms with Gasteiger partial charge in [0.2, 0.25) is 10.0 Å². The van der Waals surface area contributed by atoms with E-state index in [0.717, 1.165) is 53.7 Å². The van der Waals surface area contributed by atoms with E-state index in [1.165, 1.54) is 0 Å². The molecule has 1 saturated heterocycles. The number of sulfonamides is 1. The van der Waals surface area contributed by atoms with E-state index in [2.05, 4.69) is 26.2 Å². The fourth-order valence-electron chi connectivity index (χ4n) is 3.87. The lowest BCUT2D eigenvalue weighted by molar-refractivity contribution is 0.316. The summed E-state index contributed by atoms with van der Waals surface area (Å²) in [4.78, 5) is 7.44. The van der Waals surface area contributed by atoms with Crippen molar-refractivity contribution >= 4 is 21.1 Å². The summed E-state index contributed by atoms with van der Waals surface area (Å²) in [6, 6.07) is 6.08. The molecule has 0 aromatic carbocycles. The molecule has 2 aliphatic rings. The molecule has 136 valence electrons. The Balaban J connectivity index is 1.34. The summed E-state index contributed by atoms with van der Waals surface area (Å²) in [6.45, 7) is 1.21. The number of hydrogen-bond acceptors (Lipinski definition) is 4. The van der Waals surface area contributed by atoms with Gasteiger partial charge in [-0.15, -0.1) is 0 Å². The standard InChI is InChI=1S/C18H21N5O2S/c24-26(25,13-1-2-13)23-9-5-12(6-10-23)16-11-17(22-21-16)14-3-7-19-18-15(14)4-8-20-18/h3-4,7-8,11-13H,1-2,5-6,9-10H2,(H,19,20)(H,21,22). The van der Waals surface area contributed by atoms with E-state index < -0.39 is 10.0 Å². The monoisotopic (exact) mass is 371 g/mol. The number of nitrogens with zero attached hydrogens (tertiary/aromatic N) is 3. The molecule has 2 N–H and O–H groups in total. The van der Waals surface area contributed by atoms with Gasteiger partial charge in [0.15, 0.2) is 0 Å². The molecule has 5 rings (SSSR count). The maximum atomic E-state index is 12.4. The first-order valence-corrected chi connectivity index (χ1v) is 10.6. The molecule has 0 unspecified atom stereocenters. The van der Waals surface area contributed by atoms with Crippen molar-refractivity contribution in [2.75, 3.05) is 13.1 Å². The highest BCUT2D eigenvalue weighted by Gasteiger charge is 2.41. The number of nitrogens with one attached hydrogen (secondary N) is 2. The van der Waals surface area contributed by atoms with Crippen LogP contribution in [0, 0.1) is 0 Å². The van der Waals surface area contributed by atoms with Crippen molar-refractivity contribution in [3.63, 3.8) is 0 Å². The Morgan fingerprint density at radius 3 is 2.69 bits per heavy atom. The lowest BCUT2D eigenvalue weighted by Gasteiger charge is -2.30. The molecule has 0 amide bonds. The van der Waals surface area contributed by atoms with Crippen LogP contribution in [0.5, 0.6) is 0 Å². The Hall–Kier alpha value is -2.19. The van der Waals surface area contributed by atoms with Gasteiger partial charge in [-0.05, 0) is 43.9 Å². The summed E-state index contributed by atoms with van der Waals surface area (Å²) in [5.41, 5.74) is 3.89. The van der Waals surface area contributed by atoms with Crippen LogP contribution in [0.4, 0.5) is 0 Å². The number of pyridine rings is 1. The molecule has 4 heterocycles. The van der Waals surface area contributed by atoms with Crippen LogP contribution in [-0.4, -0.2) is 51.2 Å². The SMILES string of the molecule is O=S(=O)(C1CC1)N1CCC(c2cc(-c3ccnc4[nH]ccc34)n[nH]2)CC1. The molecule has 0 atom stereocenters. The zero-order chi connectivity index (χ0) is 17.7. The number of aromatic nitrogens is 4. The lowest BCUT2D eigenvalue weighted by atomic mass is 9.94. The maximum Gasteiger partial charge on any atom is 0.216 e. The Bertz CT molecular complexity index is 1040. The molecule has 3 aromatic rings. The Labute approximate surface area is 151 Å². The molecule has 1 aliphatic carbocycles. The number of rotatable bonds is 4. The third-order valence-electron chi connectivity index (χ3n) is 5.53. The summed E-state index contributed by atoms with van der Waals surface area (Å²) in [7, 11) is -3.05. The van der Waals surface area contributed by atoms with Crippen LogP contribution >= 0.6 is 0 Å². The molecule has 2 fully saturated rings. The molecule has 7 nitrogen and oxygen atoms in total. The Morgan fingerprint density at radius 2 is 1.92 bits per heavy atom. The first-order valence-electron chi connectivity index (χ1n) is 9.09. The van der Waals surface area contributed by atoms with E-state index in [1.54, 1.807) is 10.5 Å². The van der Waals surface area contributed by atoms with Gasteiger partial charge in [0.1, 0.15) is 5.65 Å². The molecule has 1 aliphatic heterocycles. The third-order valence-corrected chi connectivity index (χ3v) is 7.93. The van der Waals surface area contributed by atoms with E-state index in [0.29, 0.717) is 19.0 Å². The van der Waals surface area contributed by atoms with Crippen molar-refractivity contribution in [3.05, 3.63) is 36.3 Å². The normalized spacial score (nSPS) is 20.0. The molecule has 0 radical (unpaired) electrons. The molecule has 0 spiro atoms. The second-order valence-corrected chi connectivity index (χ2v) is 9.44. The lowest BCUT2D eigenvalue weighted by Crippen LogP contribution is -2.39. The molecular weight excluding hydrogens is 350 g/mol. The van der Waals surface area contributed by atoms with Crippen molar-refractivity contribution < 1.29 is 8.42 Å². The second-order valence-electron chi connectivity index (χ2n) is 7.22. The van der Waals surface area contributed by atoms with E-state index in [1.807, 2.05) is 18.3 Å². The number of aromatic amines is 2. The number of piperidine rings is 1. The number of fused-ring (bicyclic) bond motifs is 1. The van der Waals surface area contributed by atoms with Gasteiger partial charge in [-0.1, -0.05) is 0 Å². The van der Waals surface area contributed by atoms with Gasteiger partial charge in [-0.2, -0.15) is 5.10 Å². The highest BCUT2D eigenvalue weighted by atomic mass is 32.2. The van der Waals surface area contributed by atoms with Crippen LogP contribution in [-0.2, 0) is 10.0 Å². The molecular formula is C18H21N5O2S. The summed E-state index contributed by atoms with van der Waals surface area (Å²) in [6.07, 6.45) is 6.99. The highest BCUT2D eigenvalue weighted by Crippen LogP contribution is 2.36. The summed E-state index contributed by atoms with van der Waals surface area (Å²) in [5, 5.41) is 8.60. The largest absolute Gasteiger partial charge is 0.346 e. The van der Waals surface area contributed by atoms with Crippen LogP contribution < -0.4 is 0 Å². The minimum absolute atomic E-state index is 0.117. The van der Waals surface area contributed by atoms with Crippen LogP contribution in [0.25, 0.3) is 22.3 Å². The molecule has 8 heteroatoms. The molecule has 26 heavy (non-hydrogen) atoms. The average Bonchev–Trinajstić information content (AvgIpc) is 3.23. The van der Waals surface area contributed by atoms with Gasteiger partial charge >= 0.3 is 0 Å². The van der Waals surface area contributed by atoms with Crippen LogP contribution in [0.15, 0.2) is 30.6 Å². The maximum absolute atomic E-state index is 12.4. The van der Waals surface area contributed by atoms with E-state index in [4.69, 9.17) is 0 Å². The second kappa shape index (κ2) is 5.92.